The van der Waals surface area contributed by atoms with Crippen molar-refractivity contribution in [2.75, 3.05) is 0 Å². The maximum atomic E-state index is 2.47. The molecule has 0 unspecified atom stereocenters. The van der Waals surface area contributed by atoms with E-state index in [2.05, 4.69) is 97.7 Å². The van der Waals surface area contributed by atoms with Crippen LogP contribution >= 0.6 is 0 Å². The summed E-state index contributed by atoms with van der Waals surface area (Å²) in [5.74, 6) is 0. The Morgan fingerprint density at radius 1 is 0.667 bits per heavy atom. The number of aryl methyl sites for hydroxylation is 2. The Hall–Kier alpha value is -1.56. The van der Waals surface area contributed by atoms with Crippen LogP contribution in [0.25, 0.3) is 4.47 Å². The second-order valence-corrected chi connectivity index (χ2v) is 10.0. The van der Waals surface area contributed by atoms with Gasteiger partial charge in [0, 0.05) is 0 Å². The van der Waals surface area contributed by atoms with Crippen molar-refractivity contribution in [2.24, 2.45) is 0 Å². The fourth-order valence-corrected chi connectivity index (χ4v) is 6.42. The molecule has 0 nitrogen and oxygen atoms in total. The summed E-state index contributed by atoms with van der Waals surface area (Å²) >= 11 is 0.701. The molecule has 0 aliphatic rings. The predicted molar refractivity (Wildman–Crippen MR) is 108 cm³/mol. The van der Waals surface area contributed by atoms with E-state index < -0.39 is 0 Å². The van der Waals surface area contributed by atoms with E-state index in [1.807, 2.05) is 0 Å². The Bertz CT molecular complexity index is 801. The molecule has 120 valence electrons. The molecule has 3 aromatic rings. The first kappa shape index (κ1) is 17.3. The summed E-state index contributed by atoms with van der Waals surface area (Å²) in [7, 11) is 0. The molecule has 0 saturated heterocycles. The Labute approximate surface area is 157 Å². The van der Waals surface area contributed by atoms with E-state index in [9.17, 15) is 0 Å². The van der Waals surface area contributed by atoms with Gasteiger partial charge in [-0.15, -0.1) is 0 Å². The average molecular weight is 442 g/mol. The molecule has 0 spiro atoms. The molecule has 0 bridgehead atoms. The van der Waals surface area contributed by atoms with E-state index >= 15 is 0 Å². The molecule has 0 radical (unpaired) electrons. The molecule has 0 saturated carbocycles. The third kappa shape index (κ3) is 4.97. The Balaban J connectivity index is 1.85. The molecule has 3 rings (SSSR count). The standard InChI is InChI=1S/C22H20Se2/c1-17-8-12-20(13-9-17)23-16-22(19-6-4-3-5-7-19)24-21-14-10-18(2)11-15-21/h3-16H,1-2H3/b22-16-. The van der Waals surface area contributed by atoms with Crippen molar-refractivity contribution in [2.45, 2.75) is 13.8 Å². The normalized spacial score (nSPS) is 11.5. The first-order valence-corrected chi connectivity index (χ1v) is 11.5. The van der Waals surface area contributed by atoms with Gasteiger partial charge < -0.3 is 0 Å². The van der Waals surface area contributed by atoms with Crippen molar-refractivity contribution in [3.8, 4) is 0 Å². The van der Waals surface area contributed by atoms with Crippen molar-refractivity contribution >= 4 is 43.3 Å². The van der Waals surface area contributed by atoms with Gasteiger partial charge in [0.2, 0.25) is 0 Å². The number of benzene rings is 3. The molecule has 24 heavy (non-hydrogen) atoms. The first-order chi connectivity index (χ1) is 11.7. The first-order valence-electron chi connectivity index (χ1n) is 7.94. The predicted octanol–water partition coefficient (Wildman–Crippen LogP) is 3.66. The van der Waals surface area contributed by atoms with E-state index in [-0.39, 0.29) is 0 Å². The summed E-state index contributed by atoms with van der Waals surface area (Å²) in [5, 5.41) is 0. The van der Waals surface area contributed by atoms with E-state index in [0.717, 1.165) is 0 Å². The monoisotopic (exact) mass is 444 g/mol. The van der Waals surface area contributed by atoms with Crippen LogP contribution in [0.3, 0.4) is 0 Å². The van der Waals surface area contributed by atoms with Crippen molar-refractivity contribution < 1.29 is 0 Å². The molecule has 0 fully saturated rings. The van der Waals surface area contributed by atoms with E-state index in [1.54, 1.807) is 0 Å². The van der Waals surface area contributed by atoms with Gasteiger partial charge in [0.1, 0.15) is 0 Å². The number of rotatable bonds is 5. The average Bonchev–Trinajstić information content (AvgIpc) is 2.62. The molecule has 0 atom stereocenters. The maximum absolute atomic E-state index is 2.47. The molecule has 0 aromatic heterocycles. The van der Waals surface area contributed by atoms with Crippen molar-refractivity contribution in [1.29, 1.82) is 0 Å². The van der Waals surface area contributed by atoms with Crippen LogP contribution in [0, 0.1) is 13.8 Å². The van der Waals surface area contributed by atoms with Crippen LogP contribution in [0.5, 0.6) is 0 Å². The van der Waals surface area contributed by atoms with Crippen LogP contribution in [0.4, 0.5) is 0 Å². The Kier molecular flexibility index (Phi) is 6.12. The SMILES string of the molecule is Cc1ccc([Se]/C=C(\[Se]c2ccc(C)cc2)c2ccccc2)cc1. The van der Waals surface area contributed by atoms with Gasteiger partial charge in [-0.1, -0.05) is 0 Å². The van der Waals surface area contributed by atoms with Crippen LogP contribution in [-0.4, -0.2) is 29.9 Å². The van der Waals surface area contributed by atoms with Crippen molar-refractivity contribution in [3.63, 3.8) is 0 Å². The summed E-state index contributed by atoms with van der Waals surface area (Å²) in [6.07, 6.45) is 0. The zero-order valence-electron chi connectivity index (χ0n) is 13.9. The second-order valence-electron chi connectivity index (χ2n) is 5.69. The molecule has 0 amide bonds. The summed E-state index contributed by atoms with van der Waals surface area (Å²) in [5.41, 5.74) is 4.00. The van der Waals surface area contributed by atoms with Crippen LogP contribution in [0.15, 0.2) is 83.8 Å². The molecular formula is C22H20Se2. The summed E-state index contributed by atoms with van der Waals surface area (Å²) in [6.45, 7) is 4.29. The molecule has 2 heteroatoms. The van der Waals surface area contributed by atoms with Crippen LogP contribution in [-0.2, 0) is 0 Å². The van der Waals surface area contributed by atoms with Gasteiger partial charge in [-0.05, 0) is 0 Å². The van der Waals surface area contributed by atoms with Crippen molar-refractivity contribution in [1.82, 2.24) is 0 Å². The van der Waals surface area contributed by atoms with Crippen LogP contribution in [0.1, 0.15) is 16.7 Å². The summed E-state index contributed by atoms with van der Waals surface area (Å²) in [4.78, 5) is 2.47. The molecule has 0 aliphatic heterocycles. The van der Waals surface area contributed by atoms with Gasteiger partial charge in [-0.3, -0.25) is 0 Å². The third-order valence-electron chi connectivity index (χ3n) is 3.63. The minimum absolute atomic E-state index is 0.335. The van der Waals surface area contributed by atoms with Gasteiger partial charge in [-0.25, -0.2) is 0 Å². The Morgan fingerprint density at radius 3 is 1.79 bits per heavy atom. The van der Waals surface area contributed by atoms with Gasteiger partial charge in [0.25, 0.3) is 0 Å². The van der Waals surface area contributed by atoms with E-state index in [0.29, 0.717) is 29.9 Å². The quantitative estimate of drug-likeness (QED) is 0.530. The molecule has 3 aromatic carbocycles. The molecule has 0 N–H and O–H groups in total. The van der Waals surface area contributed by atoms with Crippen molar-refractivity contribution in [3.05, 3.63) is 101 Å². The van der Waals surface area contributed by atoms with Crippen LogP contribution in [0.2, 0.25) is 0 Å². The van der Waals surface area contributed by atoms with Crippen LogP contribution < -0.4 is 8.92 Å². The van der Waals surface area contributed by atoms with E-state index in [1.165, 1.54) is 30.1 Å². The number of hydrogen-bond donors (Lipinski definition) is 0. The van der Waals surface area contributed by atoms with Gasteiger partial charge >= 0.3 is 158 Å². The summed E-state index contributed by atoms with van der Waals surface area (Å²) < 4.78 is 4.34. The third-order valence-corrected chi connectivity index (χ3v) is 8.54. The zero-order chi connectivity index (χ0) is 16.8. The molecular weight excluding hydrogens is 422 g/mol. The fourth-order valence-electron chi connectivity index (χ4n) is 2.23. The summed E-state index contributed by atoms with van der Waals surface area (Å²) in [6, 6.07) is 28.7. The molecule has 0 aliphatic carbocycles. The van der Waals surface area contributed by atoms with Gasteiger partial charge in [-0.2, -0.15) is 0 Å². The van der Waals surface area contributed by atoms with E-state index in [4.69, 9.17) is 0 Å². The number of hydrogen-bond acceptors (Lipinski definition) is 0. The van der Waals surface area contributed by atoms with Gasteiger partial charge in [0.05, 0.1) is 0 Å². The Morgan fingerprint density at radius 2 is 1.21 bits per heavy atom. The molecule has 0 heterocycles. The fraction of sp³-hybridized carbons (Fsp3) is 0.0909. The zero-order valence-corrected chi connectivity index (χ0v) is 17.3. The topological polar surface area (TPSA) is 0 Å². The van der Waals surface area contributed by atoms with Gasteiger partial charge in [0.15, 0.2) is 0 Å². The second kappa shape index (κ2) is 8.51. The minimum atomic E-state index is 0.335.